The fourth-order valence-corrected chi connectivity index (χ4v) is 3.77. The topological polar surface area (TPSA) is 29.9 Å². The number of nitrogens with one attached hydrogen (secondary N) is 1. The second-order valence-electron chi connectivity index (χ2n) is 6.42. The van der Waals surface area contributed by atoms with Crippen molar-refractivity contribution in [3.05, 3.63) is 30.1 Å². The number of nitrogens with zero attached hydrogens (tertiary/aromatic N) is 2. The van der Waals surface area contributed by atoms with Crippen LogP contribution in [0.2, 0.25) is 0 Å². The zero-order valence-electron chi connectivity index (χ0n) is 13.3. The Labute approximate surface area is 127 Å². The van der Waals surface area contributed by atoms with Gasteiger partial charge in [-0.2, -0.15) is 0 Å². The van der Waals surface area contributed by atoms with E-state index in [4.69, 9.17) is 4.98 Å². The molecule has 0 saturated heterocycles. The van der Waals surface area contributed by atoms with Crippen LogP contribution in [0.15, 0.2) is 24.3 Å². The van der Waals surface area contributed by atoms with Gasteiger partial charge in [0.1, 0.15) is 5.82 Å². The van der Waals surface area contributed by atoms with Gasteiger partial charge in [-0.25, -0.2) is 4.98 Å². The number of hydrogen-bond acceptors (Lipinski definition) is 2. The molecule has 1 fully saturated rings. The van der Waals surface area contributed by atoms with Gasteiger partial charge in [0.25, 0.3) is 0 Å². The fraction of sp³-hybridized carbons (Fsp3) is 0.611. The maximum Gasteiger partial charge on any atom is 0.111 e. The van der Waals surface area contributed by atoms with Gasteiger partial charge >= 0.3 is 0 Å². The second kappa shape index (κ2) is 6.61. The molecule has 1 atom stereocenters. The van der Waals surface area contributed by atoms with Crippen LogP contribution in [0.4, 0.5) is 0 Å². The summed E-state index contributed by atoms with van der Waals surface area (Å²) < 4.78 is 2.26. The Morgan fingerprint density at radius 3 is 2.76 bits per heavy atom. The third-order valence-corrected chi connectivity index (χ3v) is 4.89. The summed E-state index contributed by atoms with van der Waals surface area (Å²) >= 11 is 0. The largest absolute Gasteiger partial charge is 0.331 e. The van der Waals surface area contributed by atoms with E-state index >= 15 is 0 Å². The first-order valence-corrected chi connectivity index (χ1v) is 8.41. The zero-order valence-corrected chi connectivity index (χ0v) is 13.3. The van der Waals surface area contributed by atoms with E-state index in [1.54, 1.807) is 0 Å². The average Bonchev–Trinajstić information content (AvgIpc) is 3.09. The SMILES string of the molecule is CCNC(Cc1nc2ccccc2n1C)CC1CCCC1. The Kier molecular flexibility index (Phi) is 4.59. The number of benzene rings is 1. The van der Waals surface area contributed by atoms with Crippen molar-refractivity contribution >= 4 is 11.0 Å². The van der Waals surface area contributed by atoms with Crippen molar-refractivity contribution in [2.75, 3.05) is 6.54 Å². The van der Waals surface area contributed by atoms with Gasteiger partial charge in [-0.1, -0.05) is 44.7 Å². The van der Waals surface area contributed by atoms with E-state index in [9.17, 15) is 0 Å². The van der Waals surface area contributed by atoms with Crippen molar-refractivity contribution < 1.29 is 0 Å². The van der Waals surface area contributed by atoms with Crippen molar-refractivity contribution in [3.63, 3.8) is 0 Å². The molecule has 0 bridgehead atoms. The summed E-state index contributed by atoms with van der Waals surface area (Å²) in [5.74, 6) is 2.13. The van der Waals surface area contributed by atoms with Crippen molar-refractivity contribution in [1.82, 2.24) is 14.9 Å². The molecule has 1 aliphatic carbocycles. The first-order chi connectivity index (χ1) is 10.3. The summed E-state index contributed by atoms with van der Waals surface area (Å²) in [7, 11) is 2.14. The van der Waals surface area contributed by atoms with Gasteiger partial charge in [-0.3, -0.25) is 0 Å². The average molecular weight is 285 g/mol. The van der Waals surface area contributed by atoms with Gasteiger partial charge in [-0.15, -0.1) is 0 Å². The monoisotopic (exact) mass is 285 g/mol. The number of hydrogen-bond donors (Lipinski definition) is 1. The molecule has 21 heavy (non-hydrogen) atoms. The van der Waals surface area contributed by atoms with Gasteiger partial charge in [-0.05, 0) is 31.0 Å². The fourth-order valence-electron chi connectivity index (χ4n) is 3.77. The lowest BCUT2D eigenvalue weighted by atomic mass is 9.96. The lowest BCUT2D eigenvalue weighted by Crippen LogP contribution is -2.33. The molecule has 1 N–H and O–H groups in total. The molecule has 1 unspecified atom stereocenters. The Morgan fingerprint density at radius 2 is 2.05 bits per heavy atom. The van der Waals surface area contributed by atoms with Crippen LogP contribution in [0, 0.1) is 5.92 Å². The van der Waals surface area contributed by atoms with Crippen molar-refractivity contribution in [3.8, 4) is 0 Å². The Bertz CT molecular complexity index is 581. The molecule has 1 saturated carbocycles. The van der Waals surface area contributed by atoms with Crippen LogP contribution >= 0.6 is 0 Å². The number of fused-ring (bicyclic) bond motifs is 1. The minimum Gasteiger partial charge on any atom is -0.331 e. The number of rotatable bonds is 6. The molecular formula is C18H27N3. The molecule has 3 heteroatoms. The molecule has 0 radical (unpaired) electrons. The third kappa shape index (κ3) is 3.29. The van der Waals surface area contributed by atoms with Crippen molar-refractivity contribution in [2.45, 2.75) is 51.5 Å². The molecule has 1 aromatic heterocycles. The van der Waals surface area contributed by atoms with Crippen molar-refractivity contribution in [1.29, 1.82) is 0 Å². The Balaban J connectivity index is 1.75. The van der Waals surface area contributed by atoms with E-state index in [-0.39, 0.29) is 0 Å². The Morgan fingerprint density at radius 1 is 1.29 bits per heavy atom. The van der Waals surface area contributed by atoms with Crippen LogP contribution in [-0.2, 0) is 13.5 Å². The minimum atomic E-state index is 0.564. The highest BCUT2D eigenvalue weighted by Crippen LogP contribution is 2.29. The summed E-state index contributed by atoms with van der Waals surface area (Å²) in [5.41, 5.74) is 2.36. The molecule has 0 amide bonds. The van der Waals surface area contributed by atoms with E-state index in [2.05, 4.69) is 48.1 Å². The number of para-hydroxylation sites is 2. The van der Waals surface area contributed by atoms with E-state index in [1.165, 1.54) is 43.4 Å². The van der Waals surface area contributed by atoms with Crippen LogP contribution in [0.5, 0.6) is 0 Å². The molecule has 0 aliphatic heterocycles. The molecule has 3 rings (SSSR count). The maximum absolute atomic E-state index is 4.83. The highest BCUT2D eigenvalue weighted by Gasteiger charge is 2.21. The lowest BCUT2D eigenvalue weighted by molar-refractivity contribution is 0.384. The summed E-state index contributed by atoms with van der Waals surface area (Å²) in [5, 5.41) is 3.68. The first kappa shape index (κ1) is 14.6. The molecule has 1 heterocycles. The predicted molar refractivity (Wildman–Crippen MR) is 88.5 cm³/mol. The van der Waals surface area contributed by atoms with Crippen LogP contribution < -0.4 is 5.32 Å². The van der Waals surface area contributed by atoms with Crippen LogP contribution in [0.1, 0.15) is 44.9 Å². The standard InChI is InChI=1S/C18H27N3/c1-3-19-15(12-14-8-4-5-9-14)13-18-20-16-10-6-7-11-17(16)21(18)2/h6-7,10-11,14-15,19H,3-5,8-9,12-13H2,1-2H3. The van der Waals surface area contributed by atoms with Gasteiger partial charge in [0.15, 0.2) is 0 Å². The molecule has 1 aliphatic rings. The number of aryl methyl sites for hydroxylation is 1. The molecule has 3 nitrogen and oxygen atoms in total. The zero-order chi connectivity index (χ0) is 14.7. The smallest absolute Gasteiger partial charge is 0.111 e. The summed E-state index contributed by atoms with van der Waals surface area (Å²) in [4.78, 5) is 4.83. The van der Waals surface area contributed by atoms with Crippen LogP contribution in [0.3, 0.4) is 0 Å². The highest BCUT2D eigenvalue weighted by atomic mass is 15.1. The van der Waals surface area contributed by atoms with Crippen LogP contribution in [-0.4, -0.2) is 22.1 Å². The Hall–Kier alpha value is -1.35. The van der Waals surface area contributed by atoms with Gasteiger partial charge in [0.05, 0.1) is 11.0 Å². The van der Waals surface area contributed by atoms with E-state index in [0.717, 1.165) is 24.4 Å². The van der Waals surface area contributed by atoms with Gasteiger partial charge in [0.2, 0.25) is 0 Å². The van der Waals surface area contributed by atoms with Gasteiger partial charge < -0.3 is 9.88 Å². The first-order valence-electron chi connectivity index (χ1n) is 8.41. The maximum atomic E-state index is 4.83. The second-order valence-corrected chi connectivity index (χ2v) is 6.42. The predicted octanol–water partition coefficient (Wildman–Crippen LogP) is 3.67. The molecular weight excluding hydrogens is 258 g/mol. The molecule has 2 aromatic rings. The minimum absolute atomic E-state index is 0.564. The van der Waals surface area contributed by atoms with E-state index < -0.39 is 0 Å². The molecule has 114 valence electrons. The summed E-state index contributed by atoms with van der Waals surface area (Å²) in [6, 6.07) is 8.99. The summed E-state index contributed by atoms with van der Waals surface area (Å²) in [6.45, 7) is 3.25. The third-order valence-electron chi connectivity index (χ3n) is 4.89. The molecule has 1 aromatic carbocycles. The number of aromatic nitrogens is 2. The normalized spacial score (nSPS) is 17.6. The van der Waals surface area contributed by atoms with Crippen molar-refractivity contribution in [2.24, 2.45) is 13.0 Å². The quantitative estimate of drug-likeness (QED) is 0.877. The van der Waals surface area contributed by atoms with E-state index in [1.807, 2.05) is 0 Å². The van der Waals surface area contributed by atoms with Crippen LogP contribution in [0.25, 0.3) is 11.0 Å². The highest BCUT2D eigenvalue weighted by molar-refractivity contribution is 5.75. The van der Waals surface area contributed by atoms with Gasteiger partial charge in [0, 0.05) is 19.5 Å². The number of imidazole rings is 1. The summed E-state index contributed by atoms with van der Waals surface area (Å²) in [6.07, 6.45) is 8.03. The molecule has 0 spiro atoms. The number of likely N-dealkylation sites (N-methyl/N-ethyl adjacent to an activating group) is 1. The van der Waals surface area contributed by atoms with E-state index in [0.29, 0.717) is 6.04 Å². The lowest BCUT2D eigenvalue weighted by Gasteiger charge is -2.21.